The summed E-state index contributed by atoms with van der Waals surface area (Å²) in [6, 6.07) is 28.8. The van der Waals surface area contributed by atoms with Crippen molar-refractivity contribution in [2.75, 3.05) is 0 Å². The smallest absolute Gasteiger partial charge is 0.258 e. The Morgan fingerprint density at radius 2 is 0.671 bits per heavy atom. The minimum absolute atomic E-state index is 0.0317. The van der Waals surface area contributed by atoms with Crippen molar-refractivity contribution >= 4 is 78.3 Å². The van der Waals surface area contributed by atoms with E-state index in [0.29, 0.717) is 28.1 Å². The Balaban J connectivity index is 0.842. The number of rotatable bonds is 0. The van der Waals surface area contributed by atoms with Crippen LogP contribution in [-0.4, -0.2) is 24.6 Å². The summed E-state index contributed by atoms with van der Waals surface area (Å²) in [4.78, 5) is 0. The lowest BCUT2D eigenvalue weighted by atomic mass is 9.34. The summed E-state index contributed by atoms with van der Waals surface area (Å²) in [6.45, 7) is 7.69. The molecule has 0 radical (unpaired) electrons. The maximum absolute atomic E-state index is 2.97. The van der Waals surface area contributed by atoms with Crippen LogP contribution in [0.5, 0.6) is 0 Å². The van der Waals surface area contributed by atoms with Gasteiger partial charge in [-0.25, -0.2) is 0 Å². The predicted octanol–water partition coefficient (Wildman–Crippen LogP) is 16.4. The molecule has 17 unspecified atom stereocenters. The molecule has 18 aliphatic rings. The topological polar surface area (TPSA) is 18.7 Å². The Kier molecular flexibility index (Phi) is 6.53. The summed E-state index contributed by atoms with van der Waals surface area (Å²) in [5.41, 5.74) is 37.6. The Morgan fingerprint density at radius 3 is 1.04 bits per heavy atom. The standard InChI is InChI=1S/C77H75BN4/c1-74(2,3)44-18-67-71-68(19-44)82-66-27-58-43-14-50-17-49-13-42(32-77(49,50)33-43)57(58)26-64(66)80-62-23-56-41-12-48-16-46-10-39(29-76(46,48)31-41)52(56)21-60(62)70(73(80)82)78(71)69-59-20-51-38-9-45-15-47-11-40(30-75(45,47)28-38)55(51)22-61(59)79-63-24-53-36-5-34-4-35(6-36)8-37(7-34)54(53)25-65(63)81(67)72(69)79/h18-27,34-43,45-50H,4-17,28-33H2,1-3H3. The highest BCUT2D eigenvalue weighted by molar-refractivity contribution is 7.02. The molecule has 5 aromatic carbocycles. The molecule has 6 heterocycles. The second kappa shape index (κ2) is 12.6. The van der Waals surface area contributed by atoms with Gasteiger partial charge in [-0.1, -0.05) is 20.8 Å². The molecule has 0 N–H and O–H groups in total. The first-order chi connectivity index (χ1) is 40.0. The first-order valence-electron chi connectivity index (χ1n) is 34.6. The largest absolute Gasteiger partial charge is 0.295 e. The van der Waals surface area contributed by atoms with Crippen LogP contribution in [0.2, 0.25) is 0 Å². The molecule has 16 aliphatic carbocycles. The fourth-order valence-corrected chi connectivity index (χ4v) is 29.2. The lowest BCUT2D eigenvalue weighted by Crippen LogP contribution is -2.59. The van der Waals surface area contributed by atoms with Gasteiger partial charge in [-0.15, -0.1) is 0 Å². The van der Waals surface area contributed by atoms with Gasteiger partial charge >= 0.3 is 0 Å². The summed E-state index contributed by atoms with van der Waals surface area (Å²) in [5.74, 6) is 13.4. The highest BCUT2D eigenvalue weighted by Crippen LogP contribution is 2.79. The number of fused-ring (bicyclic) bond motifs is 31. The summed E-state index contributed by atoms with van der Waals surface area (Å²) in [6.07, 6.45) is 29.1. The van der Waals surface area contributed by atoms with E-state index in [1.54, 1.807) is 82.7 Å². The van der Waals surface area contributed by atoms with Gasteiger partial charge < -0.3 is 0 Å². The number of hydrogen-bond donors (Lipinski definition) is 0. The number of benzene rings is 5. The van der Waals surface area contributed by atoms with Crippen molar-refractivity contribution in [3.05, 3.63) is 111 Å². The van der Waals surface area contributed by atoms with E-state index >= 15 is 0 Å². The quantitative estimate of drug-likeness (QED) is 0.135. The van der Waals surface area contributed by atoms with Gasteiger partial charge in [0.15, 0.2) is 0 Å². The van der Waals surface area contributed by atoms with E-state index in [2.05, 4.69) is 99.4 Å². The minimum Gasteiger partial charge on any atom is -0.295 e. The molecule has 0 saturated heterocycles. The van der Waals surface area contributed by atoms with Gasteiger partial charge in [-0.05, 0) is 383 Å². The molecule has 0 amide bonds. The Hall–Kier alpha value is -5.16. The zero-order valence-electron chi connectivity index (χ0n) is 48.5. The molecule has 2 aliphatic heterocycles. The highest BCUT2D eigenvalue weighted by Gasteiger charge is 2.68. The van der Waals surface area contributed by atoms with Crippen LogP contribution in [0.3, 0.4) is 0 Å². The van der Waals surface area contributed by atoms with Gasteiger partial charge in [0.25, 0.3) is 6.71 Å². The number of aromatic nitrogens is 4. The Morgan fingerprint density at radius 1 is 0.341 bits per heavy atom. The Labute approximate surface area is 481 Å². The lowest BCUT2D eigenvalue weighted by Gasteiger charge is -2.48. The van der Waals surface area contributed by atoms with Crippen LogP contribution in [0.1, 0.15) is 247 Å². The van der Waals surface area contributed by atoms with Crippen molar-refractivity contribution in [1.29, 1.82) is 0 Å². The van der Waals surface area contributed by atoms with Crippen molar-refractivity contribution in [1.82, 2.24) is 17.9 Å². The SMILES string of the molecule is CC(C)(C)c1cc2c3c(c1)-n1c4cc5c(cc4n4c6cc7c(cc6c(c14)B3c1c3cc4c(cc3n3c6cc8c(cc6n-2c13)C1CC2CC(C1)CC8C2)C1CC2CC3CC4CC32C1)C1CC2CC3CC7CC23C1)C1CC2CC3CC5CC32C1. The fourth-order valence-electron chi connectivity index (χ4n) is 29.2. The molecule has 4 aromatic heterocycles. The monoisotopic (exact) mass is 1070 g/mol. The van der Waals surface area contributed by atoms with E-state index in [4.69, 9.17) is 0 Å². The van der Waals surface area contributed by atoms with Crippen LogP contribution in [0.15, 0.2) is 60.7 Å². The van der Waals surface area contributed by atoms with E-state index in [1.807, 2.05) is 0 Å². The number of nitrogens with zero attached hydrogens (tertiary/aromatic N) is 4. The van der Waals surface area contributed by atoms with Crippen LogP contribution in [-0.2, 0) is 5.41 Å². The van der Waals surface area contributed by atoms with Crippen LogP contribution >= 0.6 is 0 Å². The maximum atomic E-state index is 2.97. The van der Waals surface area contributed by atoms with Gasteiger partial charge in [0, 0.05) is 11.4 Å². The van der Waals surface area contributed by atoms with Gasteiger partial charge in [0.05, 0.1) is 33.1 Å². The second-order valence-corrected chi connectivity index (χ2v) is 35.1. The minimum atomic E-state index is -0.0317. The molecule has 5 heteroatoms. The van der Waals surface area contributed by atoms with E-state index in [-0.39, 0.29) is 12.1 Å². The van der Waals surface area contributed by atoms with Crippen molar-refractivity contribution in [2.45, 2.75) is 202 Å². The third kappa shape index (κ3) is 4.22. The van der Waals surface area contributed by atoms with Gasteiger partial charge in [-0.2, -0.15) is 0 Å². The molecule has 17 atom stereocenters. The zero-order valence-corrected chi connectivity index (χ0v) is 48.5. The molecule has 406 valence electrons. The van der Waals surface area contributed by atoms with Crippen LogP contribution in [0.4, 0.5) is 0 Å². The van der Waals surface area contributed by atoms with Crippen LogP contribution in [0.25, 0.3) is 66.5 Å². The van der Waals surface area contributed by atoms with E-state index in [1.165, 1.54) is 179 Å². The summed E-state index contributed by atoms with van der Waals surface area (Å²) < 4.78 is 11.9. The van der Waals surface area contributed by atoms with Gasteiger partial charge in [-0.3, -0.25) is 17.9 Å². The van der Waals surface area contributed by atoms with Gasteiger partial charge in [0.1, 0.15) is 11.3 Å². The molecular weight excluding hydrogens is 992 g/mol. The summed E-state index contributed by atoms with van der Waals surface area (Å²) in [5, 5.41) is 3.20. The molecule has 3 spiro atoms. The molecule has 11 fully saturated rings. The van der Waals surface area contributed by atoms with Crippen molar-refractivity contribution in [3.63, 3.8) is 0 Å². The first-order valence-corrected chi connectivity index (χ1v) is 34.6. The maximum Gasteiger partial charge on any atom is 0.258 e. The molecule has 13 bridgehead atoms. The third-order valence-electron chi connectivity index (χ3n) is 31.9. The zero-order chi connectivity index (χ0) is 52.2. The third-order valence-corrected chi connectivity index (χ3v) is 31.9. The lowest BCUT2D eigenvalue weighted by molar-refractivity contribution is 0.00321. The van der Waals surface area contributed by atoms with Crippen molar-refractivity contribution in [3.8, 4) is 11.4 Å². The average Bonchev–Trinajstić information content (AvgIpc) is 1.56. The predicted molar refractivity (Wildman–Crippen MR) is 330 cm³/mol. The molecule has 4 nitrogen and oxygen atoms in total. The summed E-state index contributed by atoms with van der Waals surface area (Å²) in [7, 11) is 0. The number of imidazole rings is 2. The molecule has 82 heavy (non-hydrogen) atoms. The normalized spacial score (nSPS) is 42.2. The van der Waals surface area contributed by atoms with E-state index in [9.17, 15) is 0 Å². The fraction of sp³-hybridized carbons (Fsp3) is 0.558. The average molecular weight is 1070 g/mol. The van der Waals surface area contributed by atoms with Crippen LogP contribution in [0, 0.1) is 63.6 Å². The second-order valence-electron chi connectivity index (χ2n) is 35.1. The van der Waals surface area contributed by atoms with Crippen LogP contribution < -0.4 is 16.4 Å². The summed E-state index contributed by atoms with van der Waals surface area (Å²) >= 11 is 0. The number of hydrogen-bond acceptors (Lipinski definition) is 0. The highest BCUT2D eigenvalue weighted by atomic mass is 15.2. The molecule has 9 aromatic rings. The van der Waals surface area contributed by atoms with E-state index in [0.717, 1.165) is 82.9 Å². The van der Waals surface area contributed by atoms with Crippen molar-refractivity contribution in [2.24, 2.45) is 63.6 Å². The van der Waals surface area contributed by atoms with Crippen molar-refractivity contribution < 1.29 is 0 Å². The molecule has 11 saturated carbocycles. The molecule has 27 rings (SSSR count). The first kappa shape index (κ1) is 42.6. The Bertz CT molecular complexity index is 4760. The molecular formula is C77H75BN4. The van der Waals surface area contributed by atoms with Gasteiger partial charge in [0.2, 0.25) is 0 Å². The van der Waals surface area contributed by atoms with E-state index < -0.39 is 0 Å².